The van der Waals surface area contributed by atoms with Crippen LogP contribution >= 0.6 is 0 Å². The zero-order valence-corrected chi connectivity index (χ0v) is 16.6. The van der Waals surface area contributed by atoms with Crippen LogP contribution in [-0.2, 0) is 6.42 Å². The van der Waals surface area contributed by atoms with Crippen LogP contribution < -0.4 is 5.32 Å². The highest BCUT2D eigenvalue weighted by atomic mass is 16.1. The molecule has 4 aromatic carbocycles. The van der Waals surface area contributed by atoms with Crippen LogP contribution in [0, 0.1) is 0 Å². The van der Waals surface area contributed by atoms with Crippen LogP contribution in [0.2, 0.25) is 0 Å². The maximum Gasteiger partial charge on any atom is 0.165 e. The number of anilines is 1. The normalized spacial score (nSPS) is 11.9. The average Bonchev–Trinajstić information content (AvgIpc) is 2.79. The van der Waals surface area contributed by atoms with Crippen molar-refractivity contribution >= 4 is 22.2 Å². The molecular formula is C27H25NO. The zero-order chi connectivity index (χ0) is 20.1. The van der Waals surface area contributed by atoms with Gasteiger partial charge in [0.25, 0.3) is 0 Å². The summed E-state index contributed by atoms with van der Waals surface area (Å²) in [7, 11) is 0. The van der Waals surface area contributed by atoms with Gasteiger partial charge in [0.05, 0.1) is 6.04 Å². The molecule has 0 saturated heterocycles. The van der Waals surface area contributed by atoms with Crippen molar-refractivity contribution in [3.8, 4) is 0 Å². The largest absolute Gasteiger partial charge is 0.378 e. The molecular weight excluding hydrogens is 354 g/mol. The molecule has 0 aliphatic carbocycles. The molecule has 2 heteroatoms. The Bertz CT molecular complexity index is 1100. The number of aryl methyl sites for hydroxylation is 1. The van der Waals surface area contributed by atoms with Crippen LogP contribution in [0.3, 0.4) is 0 Å². The van der Waals surface area contributed by atoms with E-state index in [1.165, 1.54) is 5.56 Å². The van der Waals surface area contributed by atoms with Gasteiger partial charge in [-0.05, 0) is 46.5 Å². The predicted octanol–water partition coefficient (Wildman–Crippen LogP) is 6.83. The molecule has 29 heavy (non-hydrogen) atoms. The van der Waals surface area contributed by atoms with Gasteiger partial charge in [0.15, 0.2) is 5.78 Å². The number of nitrogens with one attached hydrogen (secondary N) is 1. The molecule has 0 aliphatic heterocycles. The fourth-order valence-electron chi connectivity index (χ4n) is 3.64. The molecule has 0 heterocycles. The highest BCUT2D eigenvalue weighted by Crippen LogP contribution is 2.26. The van der Waals surface area contributed by atoms with Crippen LogP contribution in [0.1, 0.15) is 40.9 Å². The Hall–Kier alpha value is -3.39. The number of ketones is 1. The Kier molecular flexibility index (Phi) is 5.71. The average molecular weight is 380 g/mol. The van der Waals surface area contributed by atoms with E-state index in [-0.39, 0.29) is 11.8 Å². The highest BCUT2D eigenvalue weighted by molar-refractivity contribution is 6.00. The van der Waals surface area contributed by atoms with Gasteiger partial charge in [0.1, 0.15) is 0 Å². The SMILES string of the molecule is CCc1ccc(NC(CC(=O)c2ccc3ccccc3c2)c2ccccc2)cc1. The molecule has 0 fully saturated rings. The van der Waals surface area contributed by atoms with Crippen LogP contribution in [0.4, 0.5) is 5.69 Å². The minimum absolute atomic E-state index is 0.0809. The second-order valence-corrected chi connectivity index (χ2v) is 7.35. The number of benzene rings is 4. The van der Waals surface area contributed by atoms with Crippen LogP contribution in [0.25, 0.3) is 10.8 Å². The number of rotatable bonds is 7. The standard InChI is InChI=1S/C27H25NO/c1-2-20-12-16-25(17-13-20)28-26(22-9-4-3-5-10-22)19-27(29)24-15-14-21-8-6-7-11-23(21)18-24/h3-18,26,28H,2,19H2,1H3. The monoisotopic (exact) mass is 379 g/mol. The first-order valence-electron chi connectivity index (χ1n) is 10.2. The topological polar surface area (TPSA) is 29.1 Å². The van der Waals surface area contributed by atoms with Gasteiger partial charge >= 0.3 is 0 Å². The summed E-state index contributed by atoms with van der Waals surface area (Å²) >= 11 is 0. The van der Waals surface area contributed by atoms with Crippen molar-refractivity contribution in [3.05, 3.63) is 114 Å². The molecule has 1 atom stereocenters. The molecule has 2 nitrogen and oxygen atoms in total. The summed E-state index contributed by atoms with van der Waals surface area (Å²) in [5.41, 5.74) is 4.20. The Balaban J connectivity index is 1.59. The quantitative estimate of drug-likeness (QED) is 0.357. The van der Waals surface area contributed by atoms with Gasteiger partial charge in [-0.3, -0.25) is 4.79 Å². The lowest BCUT2D eigenvalue weighted by Gasteiger charge is -2.20. The number of carbonyl (C=O) groups is 1. The molecule has 0 aliphatic rings. The van der Waals surface area contributed by atoms with Crippen molar-refractivity contribution in [2.24, 2.45) is 0 Å². The summed E-state index contributed by atoms with van der Waals surface area (Å²) in [6.45, 7) is 2.15. The van der Waals surface area contributed by atoms with E-state index in [0.717, 1.165) is 34.0 Å². The molecule has 4 aromatic rings. The van der Waals surface area contributed by atoms with E-state index in [1.54, 1.807) is 0 Å². The molecule has 144 valence electrons. The van der Waals surface area contributed by atoms with Crippen molar-refractivity contribution < 1.29 is 4.79 Å². The first kappa shape index (κ1) is 18.9. The third-order valence-electron chi connectivity index (χ3n) is 5.37. The van der Waals surface area contributed by atoms with Gasteiger partial charge in [0.2, 0.25) is 0 Å². The maximum absolute atomic E-state index is 13.1. The summed E-state index contributed by atoms with van der Waals surface area (Å²) in [6, 6.07) is 32.7. The van der Waals surface area contributed by atoms with Crippen molar-refractivity contribution in [1.29, 1.82) is 0 Å². The molecule has 0 spiro atoms. The fraction of sp³-hybridized carbons (Fsp3) is 0.148. The number of carbonyl (C=O) groups excluding carboxylic acids is 1. The number of hydrogen-bond acceptors (Lipinski definition) is 2. The van der Waals surface area contributed by atoms with Gasteiger partial charge in [-0.1, -0.05) is 85.8 Å². The van der Waals surface area contributed by atoms with Crippen molar-refractivity contribution in [3.63, 3.8) is 0 Å². The summed E-state index contributed by atoms with van der Waals surface area (Å²) in [6.07, 6.45) is 1.42. The van der Waals surface area contributed by atoms with E-state index < -0.39 is 0 Å². The second kappa shape index (κ2) is 8.74. The Morgan fingerprint density at radius 3 is 2.21 bits per heavy atom. The van der Waals surface area contributed by atoms with E-state index in [0.29, 0.717) is 6.42 Å². The number of hydrogen-bond donors (Lipinski definition) is 1. The molecule has 0 radical (unpaired) electrons. The minimum Gasteiger partial charge on any atom is -0.378 e. The van der Waals surface area contributed by atoms with Crippen molar-refractivity contribution in [1.82, 2.24) is 0 Å². The highest BCUT2D eigenvalue weighted by Gasteiger charge is 2.17. The van der Waals surface area contributed by atoms with Gasteiger partial charge in [-0.25, -0.2) is 0 Å². The molecule has 4 rings (SSSR count). The molecule has 0 saturated carbocycles. The van der Waals surface area contributed by atoms with Gasteiger partial charge in [0, 0.05) is 17.7 Å². The van der Waals surface area contributed by atoms with E-state index in [4.69, 9.17) is 0 Å². The predicted molar refractivity (Wildman–Crippen MR) is 122 cm³/mol. The molecule has 1 N–H and O–H groups in total. The van der Waals surface area contributed by atoms with E-state index >= 15 is 0 Å². The Morgan fingerprint density at radius 1 is 0.793 bits per heavy atom. The minimum atomic E-state index is -0.0809. The van der Waals surface area contributed by atoms with Crippen LogP contribution in [0.15, 0.2) is 97.1 Å². The van der Waals surface area contributed by atoms with Crippen molar-refractivity contribution in [2.45, 2.75) is 25.8 Å². The van der Waals surface area contributed by atoms with Crippen LogP contribution in [-0.4, -0.2) is 5.78 Å². The maximum atomic E-state index is 13.1. The summed E-state index contributed by atoms with van der Waals surface area (Å²) < 4.78 is 0. The smallest absolute Gasteiger partial charge is 0.165 e. The van der Waals surface area contributed by atoms with E-state index in [9.17, 15) is 4.79 Å². The van der Waals surface area contributed by atoms with Gasteiger partial charge in [-0.15, -0.1) is 0 Å². The second-order valence-electron chi connectivity index (χ2n) is 7.35. The van der Waals surface area contributed by atoms with Crippen LogP contribution in [0.5, 0.6) is 0 Å². The zero-order valence-electron chi connectivity index (χ0n) is 16.6. The molecule has 0 bridgehead atoms. The number of Topliss-reactive ketones (excluding diaryl/α,β-unsaturated/α-hetero) is 1. The summed E-state index contributed by atoms with van der Waals surface area (Å²) in [4.78, 5) is 13.1. The lowest BCUT2D eigenvalue weighted by molar-refractivity contribution is 0.0976. The first-order chi connectivity index (χ1) is 14.2. The van der Waals surface area contributed by atoms with E-state index in [1.807, 2.05) is 54.6 Å². The first-order valence-corrected chi connectivity index (χ1v) is 10.2. The summed E-state index contributed by atoms with van der Waals surface area (Å²) in [5, 5.41) is 5.81. The molecule has 0 amide bonds. The number of fused-ring (bicyclic) bond motifs is 1. The third kappa shape index (κ3) is 4.55. The van der Waals surface area contributed by atoms with Gasteiger partial charge in [-0.2, -0.15) is 0 Å². The Labute approximate surface area is 172 Å². The lowest BCUT2D eigenvalue weighted by Crippen LogP contribution is -2.16. The van der Waals surface area contributed by atoms with Crippen molar-refractivity contribution in [2.75, 3.05) is 5.32 Å². The van der Waals surface area contributed by atoms with Gasteiger partial charge < -0.3 is 5.32 Å². The van der Waals surface area contributed by atoms with E-state index in [2.05, 4.69) is 54.7 Å². The Morgan fingerprint density at radius 2 is 1.48 bits per heavy atom. The molecule has 0 aromatic heterocycles. The summed E-state index contributed by atoms with van der Waals surface area (Å²) in [5.74, 6) is 0.141. The molecule has 1 unspecified atom stereocenters. The fourth-order valence-corrected chi connectivity index (χ4v) is 3.64. The third-order valence-corrected chi connectivity index (χ3v) is 5.37. The lowest BCUT2D eigenvalue weighted by atomic mass is 9.96.